The van der Waals surface area contributed by atoms with Gasteiger partial charge in [0.25, 0.3) is 0 Å². The molecule has 1 aromatic carbocycles. The van der Waals surface area contributed by atoms with Crippen molar-refractivity contribution in [3.8, 4) is 11.1 Å². The zero-order valence-electron chi connectivity index (χ0n) is 18.0. The molecule has 0 bridgehead atoms. The Labute approximate surface area is 186 Å². The standard InChI is InChI=1S/C22H20N6O.CH6N2/c1-27(22(29)25-12-17-6-3-2-4-7-17)26-15-20-14-24-21-10-9-19(16-28(20)21)18-8-5-11-23-13-18;1-3-2/h2-11,13-16H,12H2,1H3,(H,25,29);3H,2H2,1H3/b26-15+;. The minimum absolute atomic E-state index is 0.282. The van der Waals surface area contributed by atoms with Crippen LogP contribution < -0.4 is 16.6 Å². The SMILES string of the molecule is CN(/N=C/c1cnc2ccc(-c3cccnc3)cn12)C(=O)NCc1ccccc1.CNN. The number of rotatable bonds is 5. The van der Waals surface area contributed by atoms with Gasteiger partial charge in [-0.2, -0.15) is 5.10 Å². The zero-order valence-corrected chi connectivity index (χ0v) is 18.0. The van der Waals surface area contributed by atoms with E-state index in [4.69, 9.17) is 0 Å². The lowest BCUT2D eigenvalue weighted by Crippen LogP contribution is -2.33. The van der Waals surface area contributed by atoms with Gasteiger partial charge in [0.1, 0.15) is 5.65 Å². The second-order valence-corrected chi connectivity index (χ2v) is 6.77. The van der Waals surface area contributed by atoms with Crippen molar-refractivity contribution in [3.63, 3.8) is 0 Å². The summed E-state index contributed by atoms with van der Waals surface area (Å²) in [5, 5.41) is 8.37. The van der Waals surface area contributed by atoms with Gasteiger partial charge < -0.3 is 5.32 Å². The van der Waals surface area contributed by atoms with Crippen LogP contribution in [0.3, 0.4) is 0 Å². The number of nitrogens with zero attached hydrogens (tertiary/aromatic N) is 5. The number of hydrogen-bond donors (Lipinski definition) is 3. The van der Waals surface area contributed by atoms with Gasteiger partial charge in [0.2, 0.25) is 0 Å². The van der Waals surface area contributed by atoms with E-state index in [1.807, 2.05) is 71.4 Å². The Balaban J connectivity index is 0.000000913. The highest BCUT2D eigenvalue weighted by Gasteiger charge is 2.08. The van der Waals surface area contributed by atoms with Crippen molar-refractivity contribution in [2.24, 2.45) is 10.9 Å². The highest BCUT2D eigenvalue weighted by Crippen LogP contribution is 2.19. The summed E-state index contributed by atoms with van der Waals surface area (Å²) >= 11 is 0. The van der Waals surface area contributed by atoms with E-state index in [0.29, 0.717) is 6.54 Å². The summed E-state index contributed by atoms with van der Waals surface area (Å²) in [6.45, 7) is 0.448. The Morgan fingerprint density at radius 3 is 2.62 bits per heavy atom. The number of pyridine rings is 2. The van der Waals surface area contributed by atoms with Gasteiger partial charge in [-0.15, -0.1) is 0 Å². The van der Waals surface area contributed by atoms with Crippen LogP contribution in [0.4, 0.5) is 4.79 Å². The number of nitrogens with one attached hydrogen (secondary N) is 2. The van der Waals surface area contributed by atoms with Gasteiger partial charge in [0, 0.05) is 43.3 Å². The molecule has 0 atom stereocenters. The van der Waals surface area contributed by atoms with E-state index >= 15 is 0 Å². The summed E-state index contributed by atoms with van der Waals surface area (Å²) in [6.07, 6.45) is 8.89. The molecule has 2 amide bonds. The van der Waals surface area contributed by atoms with Gasteiger partial charge in [-0.05, 0) is 30.8 Å². The molecule has 0 aliphatic carbocycles. The first-order valence-electron chi connectivity index (χ1n) is 9.96. The van der Waals surface area contributed by atoms with Gasteiger partial charge in [0.05, 0.1) is 18.1 Å². The van der Waals surface area contributed by atoms with Crippen LogP contribution in [0.15, 0.2) is 84.5 Å². The number of carbonyl (C=O) groups excluding carboxylic acids is 1. The molecule has 0 fully saturated rings. The number of carbonyl (C=O) groups is 1. The summed E-state index contributed by atoms with van der Waals surface area (Å²) in [7, 11) is 3.26. The van der Waals surface area contributed by atoms with Crippen molar-refractivity contribution < 1.29 is 4.79 Å². The summed E-state index contributed by atoms with van der Waals surface area (Å²) in [4.78, 5) is 20.8. The molecule has 0 saturated heterocycles. The molecule has 9 nitrogen and oxygen atoms in total. The first-order valence-corrected chi connectivity index (χ1v) is 9.96. The van der Waals surface area contributed by atoms with Crippen LogP contribution in [-0.4, -0.2) is 45.7 Å². The fourth-order valence-corrected chi connectivity index (χ4v) is 2.89. The van der Waals surface area contributed by atoms with Crippen molar-refractivity contribution in [2.45, 2.75) is 6.54 Å². The number of benzene rings is 1. The number of fused-ring (bicyclic) bond motifs is 1. The molecule has 0 aliphatic rings. The number of hydrazone groups is 1. The Bertz CT molecular complexity index is 1160. The maximum Gasteiger partial charge on any atom is 0.337 e. The molecule has 9 heteroatoms. The minimum Gasteiger partial charge on any atom is -0.332 e. The molecule has 0 radical (unpaired) electrons. The van der Waals surface area contributed by atoms with Crippen molar-refractivity contribution >= 4 is 17.9 Å². The number of imidazole rings is 1. The first-order chi connectivity index (χ1) is 15.6. The summed E-state index contributed by atoms with van der Waals surface area (Å²) in [6, 6.07) is 17.3. The summed E-state index contributed by atoms with van der Waals surface area (Å²) < 4.78 is 1.93. The molecule has 32 heavy (non-hydrogen) atoms. The van der Waals surface area contributed by atoms with E-state index in [9.17, 15) is 4.79 Å². The largest absolute Gasteiger partial charge is 0.337 e. The summed E-state index contributed by atoms with van der Waals surface area (Å²) in [5.41, 5.74) is 6.89. The lowest BCUT2D eigenvalue weighted by Gasteiger charge is -2.12. The maximum absolute atomic E-state index is 12.3. The number of nitrogens with two attached hydrogens (primary N) is 1. The highest BCUT2D eigenvalue weighted by atomic mass is 16.2. The monoisotopic (exact) mass is 430 g/mol. The van der Waals surface area contributed by atoms with Gasteiger partial charge >= 0.3 is 6.03 Å². The van der Waals surface area contributed by atoms with E-state index in [1.54, 1.807) is 32.7 Å². The average molecular weight is 431 g/mol. The zero-order chi connectivity index (χ0) is 22.8. The van der Waals surface area contributed by atoms with Gasteiger partial charge in [-0.25, -0.2) is 14.8 Å². The second kappa shape index (κ2) is 11.3. The predicted octanol–water partition coefficient (Wildman–Crippen LogP) is 2.65. The quantitative estimate of drug-likeness (QED) is 0.256. The smallest absolute Gasteiger partial charge is 0.332 e. The van der Waals surface area contributed by atoms with E-state index in [1.165, 1.54) is 5.01 Å². The maximum atomic E-state index is 12.3. The van der Waals surface area contributed by atoms with Crippen molar-refractivity contribution in [2.75, 3.05) is 14.1 Å². The lowest BCUT2D eigenvalue weighted by atomic mass is 10.1. The Morgan fingerprint density at radius 1 is 1.12 bits per heavy atom. The molecule has 3 heterocycles. The molecular weight excluding hydrogens is 404 g/mol. The van der Waals surface area contributed by atoms with Gasteiger partial charge in [-0.3, -0.25) is 20.7 Å². The van der Waals surface area contributed by atoms with Gasteiger partial charge in [-0.1, -0.05) is 36.4 Å². The van der Waals surface area contributed by atoms with Crippen LogP contribution in [0.2, 0.25) is 0 Å². The Hall–Kier alpha value is -4.08. The molecule has 3 aromatic heterocycles. The molecular formula is C23H26N8O. The molecule has 4 rings (SSSR count). The molecule has 0 aliphatic heterocycles. The lowest BCUT2D eigenvalue weighted by molar-refractivity contribution is 0.210. The van der Waals surface area contributed by atoms with Crippen LogP contribution in [0.1, 0.15) is 11.3 Å². The molecule has 164 valence electrons. The predicted molar refractivity (Wildman–Crippen MR) is 126 cm³/mol. The number of aromatic nitrogens is 3. The van der Waals surface area contributed by atoms with Crippen molar-refractivity contribution in [3.05, 3.63) is 90.6 Å². The van der Waals surface area contributed by atoms with E-state index in [0.717, 1.165) is 28.0 Å². The first kappa shape index (κ1) is 22.6. The third-order valence-corrected chi connectivity index (χ3v) is 4.47. The molecule has 0 spiro atoms. The fraction of sp³-hybridized carbons (Fsp3) is 0.130. The number of hydrazine groups is 1. The average Bonchev–Trinajstić information content (AvgIpc) is 3.25. The minimum atomic E-state index is -0.282. The van der Waals surface area contributed by atoms with E-state index < -0.39 is 0 Å². The van der Waals surface area contributed by atoms with Crippen LogP contribution in [0.5, 0.6) is 0 Å². The third-order valence-electron chi connectivity index (χ3n) is 4.47. The molecule has 4 aromatic rings. The van der Waals surface area contributed by atoms with Gasteiger partial charge in [0.15, 0.2) is 0 Å². The van der Waals surface area contributed by atoms with Crippen molar-refractivity contribution in [1.29, 1.82) is 0 Å². The number of amides is 2. The fourth-order valence-electron chi connectivity index (χ4n) is 2.89. The normalized spacial score (nSPS) is 10.6. The van der Waals surface area contributed by atoms with E-state index in [2.05, 4.69) is 31.7 Å². The number of urea groups is 1. The second-order valence-electron chi connectivity index (χ2n) is 6.77. The van der Waals surface area contributed by atoms with Crippen molar-refractivity contribution in [1.82, 2.24) is 30.1 Å². The van der Waals surface area contributed by atoms with E-state index in [-0.39, 0.29) is 6.03 Å². The van der Waals surface area contributed by atoms with Crippen LogP contribution >= 0.6 is 0 Å². The van der Waals surface area contributed by atoms with Crippen LogP contribution in [0, 0.1) is 0 Å². The molecule has 0 unspecified atom stereocenters. The van der Waals surface area contributed by atoms with Crippen LogP contribution in [-0.2, 0) is 6.54 Å². The Kier molecular flexibility index (Phi) is 8.02. The Morgan fingerprint density at radius 2 is 1.91 bits per heavy atom. The summed E-state index contributed by atoms with van der Waals surface area (Å²) in [5.74, 6) is 4.60. The topological polar surface area (TPSA) is 113 Å². The third kappa shape index (κ3) is 5.97. The van der Waals surface area contributed by atoms with Crippen LogP contribution in [0.25, 0.3) is 16.8 Å². The highest BCUT2D eigenvalue weighted by molar-refractivity contribution is 5.81. The molecule has 0 saturated carbocycles. The molecule has 4 N–H and O–H groups in total. The number of hydrogen-bond acceptors (Lipinski definition) is 6.